The molecule has 0 bridgehead atoms. The summed E-state index contributed by atoms with van der Waals surface area (Å²) in [6.45, 7) is 6.11. The third kappa shape index (κ3) is 2.96. The van der Waals surface area contributed by atoms with Crippen LogP contribution in [-0.2, 0) is 4.79 Å². The molecule has 1 fully saturated rings. The standard InChI is InChI=1S/C10H20N2O2/c1-7(10(2,3)14)12-9(13)8-5-4-6-11-8/h7-8,11,14H,4-6H2,1-3H3,(H,12,13)/t7?,8-/m0/s1. The lowest BCUT2D eigenvalue weighted by Gasteiger charge is -2.27. The fourth-order valence-corrected chi connectivity index (χ4v) is 1.40. The maximum Gasteiger partial charge on any atom is 0.237 e. The predicted molar refractivity (Wildman–Crippen MR) is 54.9 cm³/mol. The van der Waals surface area contributed by atoms with Crippen molar-refractivity contribution in [3.05, 3.63) is 0 Å². The van der Waals surface area contributed by atoms with E-state index < -0.39 is 5.60 Å². The molecule has 1 heterocycles. The van der Waals surface area contributed by atoms with E-state index in [1.165, 1.54) is 0 Å². The van der Waals surface area contributed by atoms with E-state index in [4.69, 9.17) is 0 Å². The molecular weight excluding hydrogens is 180 g/mol. The molecule has 0 radical (unpaired) electrons. The molecule has 82 valence electrons. The smallest absolute Gasteiger partial charge is 0.237 e. The van der Waals surface area contributed by atoms with Gasteiger partial charge in [0.1, 0.15) is 0 Å². The van der Waals surface area contributed by atoms with Gasteiger partial charge < -0.3 is 15.7 Å². The van der Waals surface area contributed by atoms with E-state index in [9.17, 15) is 9.90 Å². The highest BCUT2D eigenvalue weighted by atomic mass is 16.3. The number of carbonyl (C=O) groups is 1. The molecule has 1 aliphatic heterocycles. The summed E-state index contributed by atoms with van der Waals surface area (Å²) in [5, 5.41) is 15.6. The fraction of sp³-hybridized carbons (Fsp3) is 0.900. The Bertz CT molecular complexity index is 205. The Balaban J connectivity index is 2.40. The van der Waals surface area contributed by atoms with E-state index in [0.29, 0.717) is 0 Å². The molecule has 14 heavy (non-hydrogen) atoms. The maximum atomic E-state index is 11.6. The van der Waals surface area contributed by atoms with Crippen molar-refractivity contribution in [1.29, 1.82) is 0 Å². The van der Waals surface area contributed by atoms with Crippen LogP contribution in [0.15, 0.2) is 0 Å². The summed E-state index contributed by atoms with van der Waals surface area (Å²) in [5.41, 5.74) is -0.867. The van der Waals surface area contributed by atoms with Crippen LogP contribution in [0, 0.1) is 0 Å². The first-order chi connectivity index (χ1) is 6.41. The number of nitrogens with one attached hydrogen (secondary N) is 2. The number of hydrogen-bond donors (Lipinski definition) is 3. The van der Waals surface area contributed by atoms with Crippen molar-refractivity contribution in [1.82, 2.24) is 10.6 Å². The quantitative estimate of drug-likeness (QED) is 0.601. The van der Waals surface area contributed by atoms with Crippen molar-refractivity contribution in [2.45, 2.75) is 51.3 Å². The van der Waals surface area contributed by atoms with E-state index in [2.05, 4.69) is 10.6 Å². The topological polar surface area (TPSA) is 61.4 Å². The van der Waals surface area contributed by atoms with Gasteiger partial charge in [-0.15, -0.1) is 0 Å². The minimum Gasteiger partial charge on any atom is -0.388 e. The van der Waals surface area contributed by atoms with Crippen LogP contribution in [0.1, 0.15) is 33.6 Å². The van der Waals surface area contributed by atoms with Crippen molar-refractivity contribution in [3.8, 4) is 0 Å². The molecule has 0 aromatic carbocycles. The number of hydrogen-bond acceptors (Lipinski definition) is 3. The van der Waals surface area contributed by atoms with Crippen LogP contribution >= 0.6 is 0 Å². The molecule has 0 spiro atoms. The van der Waals surface area contributed by atoms with Crippen molar-refractivity contribution in [2.24, 2.45) is 0 Å². The molecule has 1 unspecified atom stereocenters. The Morgan fingerprint density at radius 3 is 2.71 bits per heavy atom. The van der Waals surface area contributed by atoms with Gasteiger partial charge in [0.25, 0.3) is 0 Å². The van der Waals surface area contributed by atoms with Crippen LogP contribution in [0.2, 0.25) is 0 Å². The van der Waals surface area contributed by atoms with Crippen LogP contribution in [0.25, 0.3) is 0 Å². The maximum absolute atomic E-state index is 11.6. The van der Waals surface area contributed by atoms with Crippen LogP contribution in [0.4, 0.5) is 0 Å². The van der Waals surface area contributed by atoms with Crippen LogP contribution < -0.4 is 10.6 Å². The molecule has 0 aromatic heterocycles. The van der Waals surface area contributed by atoms with Gasteiger partial charge in [0.15, 0.2) is 0 Å². The highest BCUT2D eigenvalue weighted by Crippen LogP contribution is 2.10. The number of rotatable bonds is 3. The van der Waals surface area contributed by atoms with Crippen molar-refractivity contribution < 1.29 is 9.90 Å². The molecule has 0 aromatic rings. The lowest BCUT2D eigenvalue weighted by Crippen LogP contribution is -2.51. The molecule has 4 nitrogen and oxygen atoms in total. The molecule has 1 saturated heterocycles. The Morgan fingerprint density at radius 2 is 2.29 bits per heavy atom. The second-order valence-corrected chi connectivity index (χ2v) is 4.53. The second-order valence-electron chi connectivity index (χ2n) is 4.53. The summed E-state index contributed by atoms with van der Waals surface area (Å²) in [6, 6.07) is -0.294. The van der Waals surface area contributed by atoms with Gasteiger partial charge in [-0.2, -0.15) is 0 Å². The van der Waals surface area contributed by atoms with Crippen LogP contribution in [-0.4, -0.2) is 35.2 Å². The highest BCUT2D eigenvalue weighted by Gasteiger charge is 2.28. The molecule has 0 saturated carbocycles. The zero-order valence-electron chi connectivity index (χ0n) is 9.13. The third-order valence-electron chi connectivity index (χ3n) is 2.80. The van der Waals surface area contributed by atoms with Crippen molar-refractivity contribution in [2.75, 3.05) is 6.54 Å². The zero-order chi connectivity index (χ0) is 10.8. The summed E-state index contributed by atoms with van der Waals surface area (Å²) >= 11 is 0. The predicted octanol–water partition coefficient (Wildman–Crippen LogP) is 0.0140. The fourth-order valence-electron chi connectivity index (χ4n) is 1.40. The lowest BCUT2D eigenvalue weighted by atomic mass is 10.0. The van der Waals surface area contributed by atoms with E-state index >= 15 is 0 Å². The van der Waals surface area contributed by atoms with Gasteiger partial charge in [-0.05, 0) is 40.2 Å². The summed E-state index contributed by atoms with van der Waals surface area (Å²) in [7, 11) is 0. The first-order valence-corrected chi connectivity index (χ1v) is 5.17. The van der Waals surface area contributed by atoms with Crippen LogP contribution in [0.5, 0.6) is 0 Å². The molecule has 0 aliphatic carbocycles. The van der Waals surface area contributed by atoms with E-state index in [0.717, 1.165) is 19.4 Å². The molecule has 3 N–H and O–H groups in total. The first kappa shape index (κ1) is 11.5. The minimum atomic E-state index is -0.867. The Morgan fingerprint density at radius 1 is 1.64 bits per heavy atom. The van der Waals surface area contributed by atoms with Gasteiger partial charge in [0.2, 0.25) is 5.91 Å². The third-order valence-corrected chi connectivity index (χ3v) is 2.80. The molecule has 4 heteroatoms. The Kier molecular flexibility index (Phi) is 3.50. The van der Waals surface area contributed by atoms with Crippen LogP contribution in [0.3, 0.4) is 0 Å². The van der Waals surface area contributed by atoms with E-state index in [1.807, 2.05) is 6.92 Å². The number of amides is 1. The molecular formula is C10H20N2O2. The summed E-state index contributed by atoms with van der Waals surface area (Å²) in [5.74, 6) is -0.00266. The average molecular weight is 200 g/mol. The zero-order valence-corrected chi connectivity index (χ0v) is 9.13. The monoisotopic (exact) mass is 200 g/mol. The molecule has 1 amide bonds. The molecule has 1 aliphatic rings. The normalized spacial score (nSPS) is 24.7. The van der Waals surface area contributed by atoms with Gasteiger partial charge >= 0.3 is 0 Å². The SMILES string of the molecule is CC(NC(=O)[C@@H]1CCCN1)C(C)(C)O. The van der Waals surface area contributed by atoms with E-state index in [-0.39, 0.29) is 18.0 Å². The Hall–Kier alpha value is -0.610. The van der Waals surface area contributed by atoms with Gasteiger partial charge in [-0.1, -0.05) is 0 Å². The van der Waals surface area contributed by atoms with Gasteiger partial charge in [-0.25, -0.2) is 0 Å². The molecule has 1 rings (SSSR count). The summed E-state index contributed by atoms with van der Waals surface area (Å²) in [4.78, 5) is 11.6. The van der Waals surface area contributed by atoms with Crippen molar-refractivity contribution in [3.63, 3.8) is 0 Å². The molecule has 2 atom stereocenters. The van der Waals surface area contributed by atoms with E-state index in [1.54, 1.807) is 13.8 Å². The van der Waals surface area contributed by atoms with Gasteiger partial charge in [0.05, 0.1) is 17.7 Å². The minimum absolute atomic E-state index is 0.00266. The van der Waals surface area contributed by atoms with Gasteiger partial charge in [-0.3, -0.25) is 4.79 Å². The van der Waals surface area contributed by atoms with Gasteiger partial charge in [0, 0.05) is 0 Å². The van der Waals surface area contributed by atoms with Crippen molar-refractivity contribution >= 4 is 5.91 Å². The largest absolute Gasteiger partial charge is 0.388 e. The summed E-state index contributed by atoms with van der Waals surface area (Å²) in [6.07, 6.45) is 1.94. The highest BCUT2D eigenvalue weighted by molar-refractivity contribution is 5.82. The average Bonchev–Trinajstić information content (AvgIpc) is 2.53. The number of aliphatic hydroxyl groups is 1. The Labute approximate surface area is 85.1 Å². The first-order valence-electron chi connectivity index (χ1n) is 5.17. The lowest BCUT2D eigenvalue weighted by molar-refractivity contribution is -0.125. The second kappa shape index (κ2) is 4.28. The summed E-state index contributed by atoms with van der Waals surface area (Å²) < 4.78 is 0. The number of carbonyl (C=O) groups excluding carboxylic acids is 1.